The van der Waals surface area contributed by atoms with Gasteiger partial charge in [-0.05, 0) is 54.2 Å². The molecule has 2 aromatic rings. The lowest BCUT2D eigenvalue weighted by Gasteiger charge is -2.21. The van der Waals surface area contributed by atoms with E-state index in [-0.39, 0.29) is 6.04 Å². The van der Waals surface area contributed by atoms with E-state index < -0.39 is 0 Å². The molecule has 2 aromatic carbocycles. The van der Waals surface area contributed by atoms with Crippen molar-refractivity contribution >= 4 is 46.2 Å². The molecule has 25 heavy (non-hydrogen) atoms. The number of rotatable bonds is 6. The molecule has 0 aliphatic carbocycles. The van der Waals surface area contributed by atoms with Gasteiger partial charge in [0.15, 0.2) is 5.11 Å². The summed E-state index contributed by atoms with van der Waals surface area (Å²) in [5.74, 6) is 0.579. The number of benzene rings is 2. The van der Waals surface area contributed by atoms with E-state index in [1.165, 1.54) is 11.1 Å². The number of anilines is 1. The molecule has 2 nitrogen and oxygen atoms in total. The smallest absolute Gasteiger partial charge is 0.171 e. The van der Waals surface area contributed by atoms with Crippen molar-refractivity contribution in [1.82, 2.24) is 5.32 Å². The van der Waals surface area contributed by atoms with Crippen molar-refractivity contribution in [2.75, 3.05) is 5.32 Å². The van der Waals surface area contributed by atoms with E-state index in [1.807, 2.05) is 12.1 Å². The van der Waals surface area contributed by atoms with Gasteiger partial charge in [-0.2, -0.15) is 0 Å². The Morgan fingerprint density at radius 2 is 1.64 bits per heavy atom. The van der Waals surface area contributed by atoms with Crippen LogP contribution in [0.15, 0.2) is 42.5 Å². The largest absolute Gasteiger partial charge is 0.356 e. The monoisotopic (exact) mass is 394 g/mol. The summed E-state index contributed by atoms with van der Waals surface area (Å²) in [6, 6.07) is 14.3. The summed E-state index contributed by atoms with van der Waals surface area (Å²) in [5.41, 5.74) is 3.29. The Morgan fingerprint density at radius 1 is 1.00 bits per heavy atom. The zero-order valence-corrected chi connectivity index (χ0v) is 17.1. The summed E-state index contributed by atoms with van der Waals surface area (Å²) in [6.07, 6.45) is 2.07. The van der Waals surface area contributed by atoms with Crippen molar-refractivity contribution in [2.24, 2.45) is 0 Å². The van der Waals surface area contributed by atoms with Crippen molar-refractivity contribution in [3.05, 3.63) is 63.6 Å². The maximum atomic E-state index is 6.20. The maximum Gasteiger partial charge on any atom is 0.171 e. The second kappa shape index (κ2) is 9.42. The van der Waals surface area contributed by atoms with Crippen LogP contribution in [0, 0.1) is 0 Å². The van der Waals surface area contributed by atoms with Crippen LogP contribution < -0.4 is 10.6 Å². The highest BCUT2D eigenvalue weighted by atomic mass is 35.5. The molecule has 0 amide bonds. The van der Waals surface area contributed by atoms with Gasteiger partial charge in [-0.15, -0.1) is 0 Å². The van der Waals surface area contributed by atoms with Gasteiger partial charge in [-0.3, -0.25) is 0 Å². The normalized spacial score (nSPS) is 13.2. The number of thiocarbonyl (C=S) groups is 1. The highest BCUT2D eigenvalue weighted by molar-refractivity contribution is 7.80. The van der Waals surface area contributed by atoms with Crippen LogP contribution in [0.3, 0.4) is 0 Å². The Hall–Kier alpha value is -1.29. The van der Waals surface area contributed by atoms with E-state index >= 15 is 0 Å². The lowest BCUT2D eigenvalue weighted by atomic mass is 9.95. The molecule has 2 N–H and O–H groups in total. The van der Waals surface area contributed by atoms with Gasteiger partial charge in [0.1, 0.15) is 0 Å². The highest BCUT2D eigenvalue weighted by Crippen LogP contribution is 2.29. The summed E-state index contributed by atoms with van der Waals surface area (Å²) in [4.78, 5) is 0. The number of hydrogen-bond acceptors (Lipinski definition) is 1. The molecule has 2 rings (SSSR count). The third-order valence-corrected chi connectivity index (χ3v) is 5.47. The summed E-state index contributed by atoms with van der Waals surface area (Å²) in [5, 5.41) is 7.99. The topological polar surface area (TPSA) is 24.1 Å². The van der Waals surface area contributed by atoms with Crippen LogP contribution in [0.1, 0.15) is 56.7 Å². The molecular weight excluding hydrogens is 371 g/mol. The molecule has 5 heteroatoms. The molecule has 0 heterocycles. The summed E-state index contributed by atoms with van der Waals surface area (Å²) >= 11 is 17.7. The maximum absolute atomic E-state index is 6.20. The van der Waals surface area contributed by atoms with Crippen molar-refractivity contribution in [3.8, 4) is 0 Å². The van der Waals surface area contributed by atoms with Gasteiger partial charge in [0, 0.05) is 0 Å². The van der Waals surface area contributed by atoms with E-state index in [0.717, 1.165) is 12.8 Å². The zero-order valence-electron chi connectivity index (χ0n) is 14.8. The Bertz CT molecular complexity index is 716. The van der Waals surface area contributed by atoms with Gasteiger partial charge in [0.25, 0.3) is 0 Å². The van der Waals surface area contributed by atoms with Crippen molar-refractivity contribution in [2.45, 2.75) is 45.6 Å². The van der Waals surface area contributed by atoms with Crippen LogP contribution in [-0.4, -0.2) is 5.11 Å². The molecule has 0 aromatic heterocycles. The fraction of sp³-hybridized carbons (Fsp3) is 0.350. The van der Waals surface area contributed by atoms with E-state index in [2.05, 4.69) is 55.7 Å². The first-order valence-electron chi connectivity index (χ1n) is 8.57. The van der Waals surface area contributed by atoms with Crippen LogP contribution in [0.5, 0.6) is 0 Å². The Balaban J connectivity index is 2.06. The Kier molecular flexibility index (Phi) is 7.55. The summed E-state index contributed by atoms with van der Waals surface area (Å²) in [6.45, 7) is 6.59. The van der Waals surface area contributed by atoms with Crippen molar-refractivity contribution in [3.63, 3.8) is 0 Å². The van der Waals surface area contributed by atoms with E-state index in [9.17, 15) is 0 Å². The van der Waals surface area contributed by atoms with Gasteiger partial charge >= 0.3 is 0 Å². The van der Waals surface area contributed by atoms with Crippen LogP contribution in [0.25, 0.3) is 0 Å². The minimum Gasteiger partial charge on any atom is -0.356 e. The highest BCUT2D eigenvalue weighted by Gasteiger charge is 2.13. The molecule has 0 bridgehead atoms. The first-order valence-corrected chi connectivity index (χ1v) is 9.74. The first kappa shape index (κ1) is 20.0. The zero-order chi connectivity index (χ0) is 18.4. The average Bonchev–Trinajstić information content (AvgIpc) is 2.63. The molecule has 0 unspecified atom stereocenters. The second-order valence-electron chi connectivity index (χ2n) is 6.14. The number of hydrogen-bond donors (Lipinski definition) is 2. The summed E-state index contributed by atoms with van der Waals surface area (Å²) < 4.78 is 0. The molecular formula is C20H24Cl2N2S. The van der Waals surface area contributed by atoms with E-state index in [1.54, 1.807) is 6.07 Å². The molecule has 0 aliphatic heterocycles. The minimum absolute atomic E-state index is 0.143. The lowest BCUT2D eigenvalue weighted by molar-refractivity contribution is 0.628. The van der Waals surface area contributed by atoms with Gasteiger partial charge < -0.3 is 10.6 Å². The molecule has 134 valence electrons. The predicted molar refractivity (Wildman–Crippen MR) is 114 cm³/mol. The third kappa shape index (κ3) is 5.34. The van der Waals surface area contributed by atoms with E-state index in [4.69, 9.17) is 35.4 Å². The molecule has 0 spiro atoms. The van der Waals surface area contributed by atoms with Crippen molar-refractivity contribution < 1.29 is 0 Å². The summed E-state index contributed by atoms with van der Waals surface area (Å²) in [7, 11) is 0. The molecule has 0 fully saturated rings. The predicted octanol–water partition coefficient (Wildman–Crippen LogP) is 6.94. The van der Waals surface area contributed by atoms with Crippen LogP contribution in [-0.2, 0) is 0 Å². The third-order valence-electron chi connectivity index (χ3n) is 4.43. The van der Waals surface area contributed by atoms with E-state index in [0.29, 0.717) is 26.8 Å². The standard InChI is InChI=1S/C20H24Cl2N2S/c1-4-13(3)14-9-11-15(12-10-14)17(5-2)23-20(25)24-18-8-6-7-16(21)19(18)22/h6-13,17H,4-5H2,1-3H3,(H2,23,24,25)/t13-,17-/m1/s1. The van der Waals surface area contributed by atoms with Gasteiger partial charge in [0.2, 0.25) is 0 Å². The van der Waals surface area contributed by atoms with Crippen LogP contribution >= 0.6 is 35.4 Å². The molecule has 0 aliphatic rings. The fourth-order valence-corrected chi connectivity index (χ4v) is 3.23. The quantitative estimate of drug-likeness (QED) is 0.518. The minimum atomic E-state index is 0.143. The average molecular weight is 395 g/mol. The van der Waals surface area contributed by atoms with Gasteiger partial charge in [-0.25, -0.2) is 0 Å². The fourth-order valence-electron chi connectivity index (χ4n) is 2.63. The van der Waals surface area contributed by atoms with Crippen LogP contribution in [0.4, 0.5) is 5.69 Å². The molecule has 0 saturated carbocycles. The molecule has 2 atom stereocenters. The second-order valence-corrected chi connectivity index (χ2v) is 7.33. The van der Waals surface area contributed by atoms with Gasteiger partial charge in [0.05, 0.1) is 21.8 Å². The van der Waals surface area contributed by atoms with Crippen molar-refractivity contribution in [1.29, 1.82) is 0 Å². The molecule has 0 saturated heterocycles. The van der Waals surface area contributed by atoms with Gasteiger partial charge in [-0.1, -0.05) is 74.3 Å². The number of nitrogens with one attached hydrogen (secondary N) is 2. The Morgan fingerprint density at radius 3 is 2.24 bits per heavy atom. The van der Waals surface area contributed by atoms with Crippen LogP contribution in [0.2, 0.25) is 10.0 Å². The Labute approximate surface area is 165 Å². The SMILES string of the molecule is CC[C@@H](C)c1ccc([C@@H](CC)NC(=S)Nc2cccc(Cl)c2Cl)cc1. The number of halogens is 2. The first-order chi connectivity index (χ1) is 12.0. The molecule has 0 radical (unpaired) electrons. The lowest BCUT2D eigenvalue weighted by Crippen LogP contribution is -2.32.